The maximum absolute atomic E-state index is 13.5. The average molecular weight is 356 g/mol. The van der Waals surface area contributed by atoms with Crippen molar-refractivity contribution in [1.82, 2.24) is 24.9 Å². The molecule has 3 aromatic rings. The smallest absolute Gasteiger partial charge is 0.239 e. The van der Waals surface area contributed by atoms with E-state index in [0.717, 1.165) is 22.5 Å². The molecule has 0 atom stereocenters. The summed E-state index contributed by atoms with van der Waals surface area (Å²) in [4.78, 5) is 12.1. The molecule has 0 unspecified atom stereocenters. The molecule has 0 saturated heterocycles. The van der Waals surface area contributed by atoms with Crippen LogP contribution in [0.1, 0.15) is 11.1 Å². The maximum atomic E-state index is 13.5. The number of benzene rings is 1. The van der Waals surface area contributed by atoms with Gasteiger partial charge in [0.05, 0.1) is 18.4 Å². The van der Waals surface area contributed by atoms with Crippen LogP contribution in [0.2, 0.25) is 0 Å². The predicted octanol–water partition coefficient (Wildman–Crippen LogP) is 2.00. The van der Waals surface area contributed by atoms with Gasteiger partial charge in [-0.05, 0) is 24.1 Å². The molecule has 0 aliphatic rings. The van der Waals surface area contributed by atoms with Gasteiger partial charge in [-0.25, -0.2) is 4.39 Å². The summed E-state index contributed by atoms with van der Waals surface area (Å²) in [6.07, 6.45) is 5.39. The number of aryl methyl sites for hydroxylation is 3. The Morgan fingerprint density at radius 2 is 2.04 bits per heavy atom. The van der Waals surface area contributed by atoms with Crippen LogP contribution in [0.3, 0.4) is 0 Å². The normalized spacial score (nSPS) is 10.8. The zero-order chi connectivity index (χ0) is 18.7. The van der Waals surface area contributed by atoms with Crippen LogP contribution >= 0.6 is 0 Å². The molecule has 0 saturated carbocycles. The highest BCUT2D eigenvalue weighted by Crippen LogP contribution is 2.25. The summed E-state index contributed by atoms with van der Waals surface area (Å²) in [5.41, 5.74) is 3.65. The quantitative estimate of drug-likeness (QED) is 0.708. The first-order valence-corrected chi connectivity index (χ1v) is 8.20. The molecule has 0 aliphatic carbocycles. The Labute approximate surface area is 150 Å². The number of rotatable bonds is 6. The van der Waals surface area contributed by atoms with Crippen LogP contribution in [0.5, 0.6) is 0 Å². The number of hydrogen-bond donors (Lipinski definition) is 2. The lowest BCUT2D eigenvalue weighted by atomic mass is 10.1. The number of amides is 1. The highest BCUT2D eigenvalue weighted by molar-refractivity contribution is 5.83. The third kappa shape index (κ3) is 4.08. The minimum absolute atomic E-state index is 0.0906. The van der Waals surface area contributed by atoms with Crippen molar-refractivity contribution in [3.63, 3.8) is 0 Å². The Morgan fingerprint density at radius 3 is 2.73 bits per heavy atom. The predicted molar refractivity (Wildman–Crippen MR) is 96.9 cm³/mol. The summed E-state index contributed by atoms with van der Waals surface area (Å²) in [5.74, 6) is -0.460. The summed E-state index contributed by atoms with van der Waals surface area (Å²) in [7, 11) is 3.65. The molecule has 136 valence electrons. The molecule has 0 spiro atoms. The van der Waals surface area contributed by atoms with Crippen LogP contribution < -0.4 is 10.6 Å². The van der Waals surface area contributed by atoms with Crippen LogP contribution in [0.15, 0.2) is 36.8 Å². The summed E-state index contributed by atoms with van der Waals surface area (Å²) in [6.45, 7) is 2.07. The Bertz CT molecular complexity index is 930. The number of anilines is 1. The van der Waals surface area contributed by atoms with Gasteiger partial charge in [0.2, 0.25) is 5.91 Å². The summed E-state index contributed by atoms with van der Waals surface area (Å²) in [6, 6.07) is 4.93. The van der Waals surface area contributed by atoms with E-state index >= 15 is 0 Å². The van der Waals surface area contributed by atoms with Crippen molar-refractivity contribution in [2.45, 2.75) is 13.5 Å². The van der Waals surface area contributed by atoms with Crippen molar-refractivity contribution in [2.24, 2.45) is 14.1 Å². The zero-order valence-corrected chi connectivity index (χ0v) is 15.0. The van der Waals surface area contributed by atoms with Crippen LogP contribution in [0.4, 0.5) is 10.1 Å². The molecule has 0 aliphatic heterocycles. The highest BCUT2D eigenvalue weighted by atomic mass is 19.1. The summed E-state index contributed by atoms with van der Waals surface area (Å²) in [5, 5.41) is 14.4. The van der Waals surface area contributed by atoms with Crippen molar-refractivity contribution in [1.29, 1.82) is 0 Å². The lowest BCUT2D eigenvalue weighted by Crippen LogP contribution is -2.29. The molecule has 2 heterocycles. The largest absolute Gasteiger partial charge is 0.373 e. The Kier molecular flexibility index (Phi) is 5.01. The fourth-order valence-electron chi connectivity index (χ4n) is 2.56. The lowest BCUT2D eigenvalue weighted by Gasteiger charge is -2.08. The molecule has 1 amide bonds. The molecule has 2 aromatic heterocycles. The molecule has 0 fully saturated rings. The van der Waals surface area contributed by atoms with E-state index < -0.39 is 0 Å². The van der Waals surface area contributed by atoms with Crippen LogP contribution in [0, 0.1) is 12.7 Å². The second-order valence-corrected chi connectivity index (χ2v) is 6.18. The Hall–Kier alpha value is -3.16. The number of hydrogen-bond acceptors (Lipinski definition) is 4. The van der Waals surface area contributed by atoms with Crippen molar-refractivity contribution in [2.75, 3.05) is 11.9 Å². The third-order valence-corrected chi connectivity index (χ3v) is 3.97. The van der Waals surface area contributed by atoms with Gasteiger partial charge in [0.15, 0.2) is 0 Å². The molecular formula is C18H21FN6O. The van der Waals surface area contributed by atoms with E-state index in [2.05, 4.69) is 20.8 Å². The summed E-state index contributed by atoms with van der Waals surface area (Å²) < 4.78 is 16.9. The molecule has 7 nitrogen and oxygen atoms in total. The average Bonchev–Trinajstić information content (AvgIpc) is 3.19. The second-order valence-electron chi connectivity index (χ2n) is 6.18. The molecule has 8 heteroatoms. The van der Waals surface area contributed by atoms with Gasteiger partial charge in [-0.1, -0.05) is 12.1 Å². The number of carbonyl (C=O) groups is 1. The highest BCUT2D eigenvalue weighted by Gasteiger charge is 2.13. The van der Waals surface area contributed by atoms with E-state index in [-0.39, 0.29) is 24.8 Å². The van der Waals surface area contributed by atoms with Crippen molar-refractivity contribution < 1.29 is 9.18 Å². The van der Waals surface area contributed by atoms with Crippen molar-refractivity contribution in [3.05, 3.63) is 53.7 Å². The van der Waals surface area contributed by atoms with Gasteiger partial charge >= 0.3 is 0 Å². The molecule has 26 heavy (non-hydrogen) atoms. The van der Waals surface area contributed by atoms with Gasteiger partial charge in [-0.15, -0.1) is 0 Å². The molecule has 3 rings (SSSR count). The van der Waals surface area contributed by atoms with E-state index in [9.17, 15) is 9.18 Å². The number of nitrogens with one attached hydrogen (secondary N) is 2. The third-order valence-electron chi connectivity index (χ3n) is 3.97. The van der Waals surface area contributed by atoms with Crippen molar-refractivity contribution >= 4 is 11.6 Å². The fourth-order valence-corrected chi connectivity index (χ4v) is 2.56. The number of carbonyl (C=O) groups excluding carboxylic acids is 1. The van der Waals surface area contributed by atoms with E-state index in [1.54, 1.807) is 34.6 Å². The number of halogens is 1. The second kappa shape index (κ2) is 7.38. The van der Waals surface area contributed by atoms with Crippen LogP contribution in [-0.2, 0) is 25.4 Å². The van der Waals surface area contributed by atoms with E-state index in [4.69, 9.17) is 0 Å². The molecule has 0 radical (unpaired) electrons. The molecule has 2 N–H and O–H groups in total. The lowest BCUT2D eigenvalue weighted by molar-refractivity contribution is -0.119. The number of aromatic nitrogens is 4. The van der Waals surface area contributed by atoms with E-state index in [0.29, 0.717) is 5.56 Å². The first-order chi connectivity index (χ1) is 12.4. The molecule has 1 aromatic carbocycles. The van der Waals surface area contributed by atoms with Gasteiger partial charge < -0.3 is 10.6 Å². The van der Waals surface area contributed by atoms with Crippen molar-refractivity contribution in [3.8, 4) is 11.3 Å². The molecule has 0 bridgehead atoms. The first-order valence-electron chi connectivity index (χ1n) is 8.20. The standard InChI is InChI=1S/C18H21FN6O/c1-12-4-5-13(6-15(12)19)7-21-17(26)9-20-16-11-25(3)23-18(16)14-8-22-24(2)10-14/h4-6,8,10-11,20H,7,9H2,1-3H3,(H,21,26). The maximum Gasteiger partial charge on any atom is 0.239 e. The summed E-state index contributed by atoms with van der Waals surface area (Å²) >= 11 is 0. The Balaban J connectivity index is 1.59. The van der Waals surface area contributed by atoms with Gasteiger partial charge in [0.25, 0.3) is 0 Å². The monoisotopic (exact) mass is 356 g/mol. The number of nitrogens with zero attached hydrogens (tertiary/aromatic N) is 4. The van der Waals surface area contributed by atoms with Gasteiger partial charge in [0.1, 0.15) is 11.5 Å². The van der Waals surface area contributed by atoms with Crippen LogP contribution in [0.25, 0.3) is 11.3 Å². The first kappa shape index (κ1) is 17.7. The zero-order valence-electron chi connectivity index (χ0n) is 15.0. The van der Waals surface area contributed by atoms with Gasteiger partial charge in [0, 0.05) is 38.6 Å². The fraction of sp³-hybridized carbons (Fsp3) is 0.278. The minimum atomic E-state index is -0.272. The van der Waals surface area contributed by atoms with Gasteiger partial charge in [-0.3, -0.25) is 14.2 Å². The van der Waals surface area contributed by atoms with E-state index in [1.165, 1.54) is 6.07 Å². The van der Waals surface area contributed by atoms with Crippen LogP contribution in [-0.4, -0.2) is 32.0 Å². The molecular weight excluding hydrogens is 335 g/mol. The van der Waals surface area contributed by atoms with Gasteiger partial charge in [-0.2, -0.15) is 10.2 Å². The SMILES string of the molecule is Cc1ccc(CNC(=O)CNc2cn(C)nc2-c2cnn(C)c2)cc1F. The topological polar surface area (TPSA) is 76.8 Å². The van der Waals surface area contributed by atoms with E-state index in [1.807, 2.05) is 26.5 Å². The Morgan fingerprint density at radius 1 is 1.23 bits per heavy atom. The minimum Gasteiger partial charge on any atom is -0.373 e.